The number of hydrogen-bond donors (Lipinski definition) is 2. The number of rotatable bonds is 2. The van der Waals surface area contributed by atoms with Gasteiger partial charge in [0.15, 0.2) is 0 Å². The Morgan fingerprint density at radius 1 is 1.06 bits per heavy atom. The second-order valence-corrected chi connectivity index (χ2v) is 3.57. The predicted octanol–water partition coefficient (Wildman–Crippen LogP) is 0.528. The molecule has 16 heavy (non-hydrogen) atoms. The van der Waals surface area contributed by atoms with Crippen LogP contribution in [0.4, 0.5) is 0 Å². The summed E-state index contributed by atoms with van der Waals surface area (Å²) in [5.74, 6) is -0.445. The Morgan fingerprint density at radius 2 is 1.75 bits per heavy atom. The molecule has 1 aromatic carbocycles. The van der Waals surface area contributed by atoms with Crippen LogP contribution in [0, 0.1) is 0 Å². The summed E-state index contributed by atoms with van der Waals surface area (Å²) in [7, 11) is 0. The Morgan fingerprint density at radius 3 is 2.38 bits per heavy atom. The lowest BCUT2D eigenvalue weighted by atomic mass is 10.0. The van der Waals surface area contributed by atoms with Crippen LogP contribution in [-0.2, 0) is 9.59 Å². The highest BCUT2D eigenvalue weighted by atomic mass is 16.2. The van der Waals surface area contributed by atoms with Gasteiger partial charge < -0.3 is 10.6 Å². The van der Waals surface area contributed by atoms with Gasteiger partial charge in [-0.05, 0) is 5.56 Å². The van der Waals surface area contributed by atoms with Crippen molar-refractivity contribution in [2.75, 3.05) is 0 Å². The van der Waals surface area contributed by atoms with Crippen molar-refractivity contribution >= 4 is 11.8 Å². The minimum atomic E-state index is -0.632. The first-order valence-corrected chi connectivity index (χ1v) is 5.00. The molecule has 1 aliphatic heterocycles. The van der Waals surface area contributed by atoms with Crippen molar-refractivity contribution in [1.82, 2.24) is 10.6 Å². The molecule has 2 rings (SSSR count). The molecule has 1 saturated heterocycles. The van der Waals surface area contributed by atoms with Crippen LogP contribution in [-0.4, -0.2) is 17.9 Å². The first-order chi connectivity index (χ1) is 7.72. The van der Waals surface area contributed by atoms with Crippen molar-refractivity contribution in [2.24, 2.45) is 0 Å². The van der Waals surface area contributed by atoms with Gasteiger partial charge in [-0.1, -0.05) is 36.4 Å². The fourth-order valence-corrected chi connectivity index (χ4v) is 1.65. The van der Waals surface area contributed by atoms with Crippen molar-refractivity contribution in [2.45, 2.75) is 12.1 Å². The normalized spacial score (nSPS) is 24.5. The minimum absolute atomic E-state index is 0.212. The molecule has 4 heteroatoms. The number of nitrogens with one attached hydrogen (secondary N) is 2. The van der Waals surface area contributed by atoms with Gasteiger partial charge >= 0.3 is 0 Å². The molecule has 1 aliphatic rings. The quantitative estimate of drug-likeness (QED) is 0.708. The zero-order chi connectivity index (χ0) is 11.5. The summed E-state index contributed by atoms with van der Waals surface area (Å²) in [4.78, 5) is 23.3. The molecular weight excluding hydrogens is 204 g/mol. The van der Waals surface area contributed by atoms with Crippen molar-refractivity contribution in [3.63, 3.8) is 0 Å². The van der Waals surface area contributed by atoms with Crippen LogP contribution in [0.1, 0.15) is 11.6 Å². The van der Waals surface area contributed by atoms with Gasteiger partial charge in [0.2, 0.25) is 11.8 Å². The maximum Gasteiger partial charge on any atom is 0.248 e. The Labute approximate surface area is 93.3 Å². The molecule has 0 radical (unpaired) electrons. The van der Waals surface area contributed by atoms with E-state index in [1.165, 1.54) is 6.08 Å². The Kier molecular flexibility index (Phi) is 2.72. The minimum Gasteiger partial charge on any atom is -0.339 e. The van der Waals surface area contributed by atoms with Gasteiger partial charge in [0, 0.05) is 0 Å². The molecule has 82 valence electrons. The third kappa shape index (κ3) is 1.82. The van der Waals surface area contributed by atoms with E-state index in [2.05, 4.69) is 17.2 Å². The Hall–Kier alpha value is -2.10. The van der Waals surface area contributed by atoms with Gasteiger partial charge in [0.05, 0.1) is 0 Å². The highest BCUT2D eigenvalue weighted by Crippen LogP contribution is 2.16. The SMILES string of the molecule is C=CC1NC(=O)[C@@H](c2ccccc2)NC1=O. The average molecular weight is 216 g/mol. The van der Waals surface area contributed by atoms with Gasteiger partial charge in [0.1, 0.15) is 12.1 Å². The van der Waals surface area contributed by atoms with Crippen molar-refractivity contribution in [3.05, 3.63) is 48.6 Å². The van der Waals surface area contributed by atoms with Gasteiger partial charge in [-0.2, -0.15) is 0 Å². The molecule has 1 unspecified atom stereocenters. The molecule has 4 nitrogen and oxygen atoms in total. The Bertz CT molecular complexity index is 428. The second-order valence-electron chi connectivity index (χ2n) is 3.57. The number of carbonyl (C=O) groups excluding carboxylic acids is 2. The summed E-state index contributed by atoms with van der Waals surface area (Å²) in [6.07, 6.45) is 1.41. The molecule has 0 saturated carbocycles. The molecule has 2 amide bonds. The molecular formula is C12H12N2O2. The number of benzene rings is 1. The van der Waals surface area contributed by atoms with Gasteiger partial charge in [-0.25, -0.2) is 0 Å². The van der Waals surface area contributed by atoms with Crippen LogP contribution < -0.4 is 10.6 Å². The third-order valence-electron chi connectivity index (χ3n) is 2.50. The highest BCUT2D eigenvalue weighted by Gasteiger charge is 2.32. The lowest BCUT2D eigenvalue weighted by Crippen LogP contribution is -2.56. The molecule has 0 aliphatic carbocycles. The van der Waals surface area contributed by atoms with E-state index in [0.717, 1.165) is 5.56 Å². The predicted molar refractivity (Wildman–Crippen MR) is 59.5 cm³/mol. The third-order valence-corrected chi connectivity index (χ3v) is 2.50. The first kappa shape index (κ1) is 10.4. The van der Waals surface area contributed by atoms with E-state index in [9.17, 15) is 9.59 Å². The summed E-state index contributed by atoms with van der Waals surface area (Å²) in [6.45, 7) is 3.49. The summed E-state index contributed by atoms with van der Waals surface area (Å²) in [6, 6.07) is 7.89. The van der Waals surface area contributed by atoms with Crippen LogP contribution in [0.5, 0.6) is 0 Å². The molecule has 2 atom stereocenters. The van der Waals surface area contributed by atoms with Crippen LogP contribution in [0.15, 0.2) is 43.0 Å². The van der Waals surface area contributed by atoms with Crippen molar-refractivity contribution in [3.8, 4) is 0 Å². The monoisotopic (exact) mass is 216 g/mol. The molecule has 2 N–H and O–H groups in total. The van der Waals surface area contributed by atoms with E-state index < -0.39 is 12.1 Å². The fourth-order valence-electron chi connectivity index (χ4n) is 1.65. The highest BCUT2D eigenvalue weighted by molar-refractivity contribution is 5.98. The van der Waals surface area contributed by atoms with Crippen molar-refractivity contribution in [1.29, 1.82) is 0 Å². The molecule has 0 spiro atoms. The number of piperazine rings is 1. The molecule has 1 aromatic rings. The van der Waals surface area contributed by atoms with E-state index in [0.29, 0.717) is 0 Å². The van der Waals surface area contributed by atoms with E-state index in [1.54, 1.807) is 12.1 Å². The number of amides is 2. The second kappa shape index (κ2) is 4.18. The average Bonchev–Trinajstić information content (AvgIpc) is 2.32. The Balaban J connectivity index is 2.22. The summed E-state index contributed by atoms with van der Waals surface area (Å²) in [5, 5.41) is 5.26. The number of carbonyl (C=O) groups is 2. The zero-order valence-electron chi connectivity index (χ0n) is 8.64. The topological polar surface area (TPSA) is 58.2 Å². The largest absolute Gasteiger partial charge is 0.339 e. The maximum atomic E-state index is 11.7. The maximum absolute atomic E-state index is 11.7. The first-order valence-electron chi connectivity index (χ1n) is 5.00. The number of hydrogen-bond acceptors (Lipinski definition) is 2. The van der Waals surface area contributed by atoms with Gasteiger partial charge in [-0.15, -0.1) is 6.58 Å². The zero-order valence-corrected chi connectivity index (χ0v) is 8.64. The lowest BCUT2D eigenvalue weighted by molar-refractivity contribution is -0.135. The van der Waals surface area contributed by atoms with E-state index in [1.807, 2.05) is 18.2 Å². The molecule has 0 aromatic heterocycles. The lowest BCUT2D eigenvalue weighted by Gasteiger charge is -2.28. The summed E-state index contributed by atoms with van der Waals surface area (Å²) >= 11 is 0. The molecule has 1 heterocycles. The van der Waals surface area contributed by atoms with Crippen LogP contribution in [0.2, 0.25) is 0 Å². The molecule has 1 fully saturated rings. The van der Waals surface area contributed by atoms with Crippen LogP contribution >= 0.6 is 0 Å². The van der Waals surface area contributed by atoms with E-state index >= 15 is 0 Å². The summed E-state index contributed by atoms with van der Waals surface area (Å²) < 4.78 is 0. The van der Waals surface area contributed by atoms with Crippen LogP contribution in [0.3, 0.4) is 0 Å². The van der Waals surface area contributed by atoms with Crippen LogP contribution in [0.25, 0.3) is 0 Å². The molecule has 0 bridgehead atoms. The van der Waals surface area contributed by atoms with Gasteiger partial charge in [-0.3, -0.25) is 9.59 Å². The standard InChI is InChI=1S/C12H12N2O2/c1-2-9-11(15)14-10(12(16)13-9)8-6-4-3-5-7-8/h2-7,9-10H,1H2,(H,13,16)(H,14,15)/t9?,10-/m1/s1. The smallest absolute Gasteiger partial charge is 0.248 e. The van der Waals surface area contributed by atoms with Crippen molar-refractivity contribution < 1.29 is 9.59 Å². The van der Waals surface area contributed by atoms with E-state index in [-0.39, 0.29) is 11.8 Å². The summed E-state index contributed by atoms with van der Waals surface area (Å²) in [5.41, 5.74) is 0.774. The van der Waals surface area contributed by atoms with Gasteiger partial charge in [0.25, 0.3) is 0 Å². The van der Waals surface area contributed by atoms with E-state index in [4.69, 9.17) is 0 Å². The fraction of sp³-hybridized carbons (Fsp3) is 0.167.